The van der Waals surface area contributed by atoms with Crippen molar-refractivity contribution in [3.05, 3.63) is 61.8 Å². The van der Waals surface area contributed by atoms with Crippen LogP contribution in [-0.2, 0) is 6.61 Å². The van der Waals surface area contributed by atoms with E-state index in [-0.39, 0.29) is 18.0 Å². The van der Waals surface area contributed by atoms with Crippen molar-refractivity contribution in [2.24, 2.45) is 0 Å². The molecule has 0 aliphatic heterocycles. The SMILES string of the molecule is O=[N+]([O-])c1ccc(Cl)c(OCc2cncc(Br)c2)c1. The van der Waals surface area contributed by atoms with Crippen molar-refractivity contribution in [1.82, 2.24) is 4.98 Å². The molecule has 0 saturated heterocycles. The Labute approximate surface area is 122 Å². The van der Waals surface area contributed by atoms with Gasteiger partial charge in [0.1, 0.15) is 12.4 Å². The highest BCUT2D eigenvalue weighted by atomic mass is 79.9. The molecule has 0 bridgehead atoms. The molecule has 0 N–H and O–H groups in total. The molecule has 1 aromatic carbocycles. The lowest BCUT2D eigenvalue weighted by atomic mass is 10.3. The lowest BCUT2D eigenvalue weighted by Crippen LogP contribution is -1.97. The van der Waals surface area contributed by atoms with Gasteiger partial charge in [0, 0.05) is 28.5 Å². The summed E-state index contributed by atoms with van der Waals surface area (Å²) in [5, 5.41) is 11.0. The lowest BCUT2D eigenvalue weighted by Gasteiger charge is -2.07. The number of halogens is 2. The Morgan fingerprint density at radius 2 is 2.16 bits per heavy atom. The smallest absolute Gasteiger partial charge is 0.273 e. The van der Waals surface area contributed by atoms with Crippen molar-refractivity contribution < 1.29 is 9.66 Å². The number of hydrogen-bond acceptors (Lipinski definition) is 4. The predicted molar refractivity (Wildman–Crippen MR) is 74.4 cm³/mol. The van der Waals surface area contributed by atoms with Crippen LogP contribution in [0.1, 0.15) is 5.56 Å². The second-order valence-electron chi connectivity index (χ2n) is 3.67. The van der Waals surface area contributed by atoms with E-state index >= 15 is 0 Å². The van der Waals surface area contributed by atoms with Gasteiger partial charge in [-0.2, -0.15) is 0 Å². The van der Waals surface area contributed by atoms with Crippen LogP contribution in [0.25, 0.3) is 0 Å². The predicted octanol–water partition coefficient (Wildman–Crippen LogP) is 3.98. The van der Waals surface area contributed by atoms with E-state index in [1.165, 1.54) is 18.2 Å². The summed E-state index contributed by atoms with van der Waals surface area (Å²) < 4.78 is 6.30. The number of ether oxygens (including phenoxy) is 1. The molecule has 2 aromatic rings. The summed E-state index contributed by atoms with van der Waals surface area (Å²) in [7, 11) is 0. The molecule has 5 nitrogen and oxygen atoms in total. The number of pyridine rings is 1. The summed E-state index contributed by atoms with van der Waals surface area (Å²) in [5.41, 5.74) is 0.767. The van der Waals surface area contributed by atoms with Crippen molar-refractivity contribution in [3.8, 4) is 5.75 Å². The molecule has 0 aliphatic carbocycles. The van der Waals surface area contributed by atoms with E-state index in [0.717, 1.165) is 10.0 Å². The molecule has 7 heteroatoms. The molecule has 98 valence electrons. The third-order valence-electron chi connectivity index (χ3n) is 2.28. The Morgan fingerprint density at radius 1 is 1.37 bits per heavy atom. The van der Waals surface area contributed by atoms with Crippen LogP contribution in [0, 0.1) is 10.1 Å². The summed E-state index contributed by atoms with van der Waals surface area (Å²) in [6, 6.07) is 5.91. The van der Waals surface area contributed by atoms with Crippen LogP contribution in [0.5, 0.6) is 5.75 Å². The number of rotatable bonds is 4. The average molecular weight is 344 g/mol. The fourth-order valence-corrected chi connectivity index (χ4v) is 2.00. The van der Waals surface area contributed by atoms with Gasteiger partial charge in [-0.3, -0.25) is 15.1 Å². The van der Waals surface area contributed by atoms with Crippen LogP contribution in [0.15, 0.2) is 41.1 Å². The number of nitrogens with zero attached hydrogens (tertiary/aromatic N) is 2. The minimum atomic E-state index is -0.496. The molecular weight excluding hydrogens is 336 g/mol. The Bertz CT molecular complexity index is 622. The molecule has 0 saturated carbocycles. The van der Waals surface area contributed by atoms with Crippen molar-refractivity contribution >= 4 is 33.2 Å². The van der Waals surface area contributed by atoms with E-state index in [1.54, 1.807) is 12.4 Å². The quantitative estimate of drug-likeness (QED) is 0.622. The van der Waals surface area contributed by atoms with Gasteiger partial charge in [-0.1, -0.05) is 11.6 Å². The first-order valence-electron chi connectivity index (χ1n) is 5.22. The van der Waals surface area contributed by atoms with Crippen molar-refractivity contribution in [2.75, 3.05) is 0 Å². The molecule has 2 rings (SSSR count). The van der Waals surface area contributed by atoms with Gasteiger partial charge in [-0.25, -0.2) is 0 Å². The maximum atomic E-state index is 10.7. The summed E-state index contributed by atoms with van der Waals surface area (Å²) in [5.74, 6) is 0.274. The second-order valence-corrected chi connectivity index (χ2v) is 4.99. The zero-order chi connectivity index (χ0) is 13.8. The first-order chi connectivity index (χ1) is 9.06. The van der Waals surface area contributed by atoms with Crippen molar-refractivity contribution in [1.29, 1.82) is 0 Å². The van der Waals surface area contributed by atoms with Crippen LogP contribution >= 0.6 is 27.5 Å². The maximum Gasteiger partial charge on any atom is 0.273 e. The Morgan fingerprint density at radius 3 is 2.84 bits per heavy atom. The number of benzene rings is 1. The standard InChI is InChI=1S/C12H8BrClN2O3/c13-9-3-8(5-15-6-9)7-19-12-4-10(16(17)18)1-2-11(12)14/h1-6H,7H2. The highest BCUT2D eigenvalue weighted by molar-refractivity contribution is 9.10. The molecule has 19 heavy (non-hydrogen) atoms. The van der Waals surface area contributed by atoms with E-state index in [1.807, 2.05) is 6.07 Å². The van der Waals surface area contributed by atoms with Gasteiger partial charge in [-0.05, 0) is 28.1 Å². The molecule has 0 spiro atoms. The van der Waals surface area contributed by atoms with Gasteiger partial charge in [0.25, 0.3) is 5.69 Å². The van der Waals surface area contributed by atoms with Crippen LogP contribution in [-0.4, -0.2) is 9.91 Å². The van der Waals surface area contributed by atoms with Gasteiger partial charge in [0.05, 0.1) is 16.0 Å². The molecule has 0 amide bonds. The van der Waals surface area contributed by atoms with Crippen molar-refractivity contribution in [3.63, 3.8) is 0 Å². The van der Waals surface area contributed by atoms with Crippen LogP contribution < -0.4 is 4.74 Å². The molecule has 0 atom stereocenters. The molecule has 0 aliphatic rings. The Kier molecular flexibility index (Phi) is 4.34. The van der Waals surface area contributed by atoms with Gasteiger partial charge in [-0.15, -0.1) is 0 Å². The molecule has 1 heterocycles. The Hall–Kier alpha value is -1.66. The highest BCUT2D eigenvalue weighted by Crippen LogP contribution is 2.29. The first-order valence-corrected chi connectivity index (χ1v) is 6.39. The van der Waals surface area contributed by atoms with Gasteiger partial charge >= 0.3 is 0 Å². The van der Waals surface area contributed by atoms with E-state index in [0.29, 0.717) is 5.02 Å². The third kappa shape index (κ3) is 3.65. The van der Waals surface area contributed by atoms with Crippen LogP contribution in [0.2, 0.25) is 5.02 Å². The molecule has 0 radical (unpaired) electrons. The number of hydrogen-bond donors (Lipinski definition) is 0. The fraction of sp³-hybridized carbons (Fsp3) is 0.0833. The average Bonchev–Trinajstić information content (AvgIpc) is 2.37. The van der Waals surface area contributed by atoms with Gasteiger partial charge < -0.3 is 4.74 Å². The summed E-state index contributed by atoms with van der Waals surface area (Å²) in [4.78, 5) is 14.2. The monoisotopic (exact) mass is 342 g/mol. The van der Waals surface area contributed by atoms with Crippen LogP contribution in [0.4, 0.5) is 5.69 Å². The van der Waals surface area contributed by atoms with E-state index in [2.05, 4.69) is 20.9 Å². The number of nitro groups is 1. The number of non-ortho nitro benzene ring substituents is 1. The molecule has 0 unspecified atom stereocenters. The van der Waals surface area contributed by atoms with E-state index < -0.39 is 4.92 Å². The summed E-state index contributed by atoms with van der Waals surface area (Å²) >= 11 is 9.23. The van der Waals surface area contributed by atoms with Crippen LogP contribution in [0.3, 0.4) is 0 Å². The lowest BCUT2D eigenvalue weighted by molar-refractivity contribution is -0.384. The van der Waals surface area contributed by atoms with Gasteiger partial charge in [0.2, 0.25) is 0 Å². The van der Waals surface area contributed by atoms with E-state index in [4.69, 9.17) is 16.3 Å². The fourth-order valence-electron chi connectivity index (χ4n) is 1.41. The summed E-state index contributed by atoms with van der Waals surface area (Å²) in [6.45, 7) is 0.229. The molecule has 0 fully saturated rings. The number of nitro benzene ring substituents is 1. The van der Waals surface area contributed by atoms with Crippen molar-refractivity contribution in [2.45, 2.75) is 6.61 Å². The minimum Gasteiger partial charge on any atom is -0.487 e. The first kappa shape index (κ1) is 13.8. The Balaban J connectivity index is 2.15. The zero-order valence-corrected chi connectivity index (χ0v) is 11.9. The second kappa shape index (κ2) is 5.99. The van der Waals surface area contributed by atoms with Gasteiger partial charge in [0.15, 0.2) is 0 Å². The highest BCUT2D eigenvalue weighted by Gasteiger charge is 2.10. The topological polar surface area (TPSA) is 65.3 Å². The zero-order valence-electron chi connectivity index (χ0n) is 9.55. The minimum absolute atomic E-state index is 0.0632. The summed E-state index contributed by atoms with van der Waals surface area (Å²) in [6.07, 6.45) is 3.31. The molecular formula is C12H8BrClN2O3. The van der Waals surface area contributed by atoms with E-state index in [9.17, 15) is 10.1 Å². The maximum absolute atomic E-state index is 10.7. The number of aromatic nitrogens is 1. The normalized spacial score (nSPS) is 10.2. The largest absolute Gasteiger partial charge is 0.487 e. The molecule has 1 aromatic heterocycles. The third-order valence-corrected chi connectivity index (χ3v) is 3.03.